The van der Waals surface area contributed by atoms with Crippen molar-refractivity contribution in [3.63, 3.8) is 0 Å². The van der Waals surface area contributed by atoms with E-state index in [0.717, 1.165) is 19.4 Å². The smallest absolute Gasteiger partial charge is 0.320 e. The zero-order valence-corrected chi connectivity index (χ0v) is 10.3. The first kappa shape index (κ1) is 13.0. The Kier molecular flexibility index (Phi) is 3.91. The number of aliphatic carboxylic acids is 1. The van der Waals surface area contributed by atoms with Gasteiger partial charge in [-0.3, -0.25) is 14.7 Å². The van der Waals surface area contributed by atoms with Gasteiger partial charge in [-0.1, -0.05) is 6.42 Å². The van der Waals surface area contributed by atoms with Crippen LogP contribution in [0.1, 0.15) is 37.9 Å². The molecule has 1 aromatic rings. The normalized spacial score (nSPS) is 22.7. The van der Waals surface area contributed by atoms with Crippen LogP contribution in [-0.2, 0) is 4.79 Å². The van der Waals surface area contributed by atoms with Crippen molar-refractivity contribution in [3.8, 4) is 0 Å². The molecule has 2 heterocycles. The summed E-state index contributed by atoms with van der Waals surface area (Å²) in [5, 5.41) is 9.23. The van der Waals surface area contributed by atoms with E-state index in [0.29, 0.717) is 12.1 Å². The third kappa shape index (κ3) is 2.67. The first-order valence-electron chi connectivity index (χ1n) is 6.19. The Morgan fingerprint density at radius 3 is 2.94 bits per heavy atom. The number of carboxylic acids is 1. The number of nitrogens with zero attached hydrogens (tertiary/aromatic N) is 2. The highest BCUT2D eigenvalue weighted by molar-refractivity contribution is 5.73. The predicted molar refractivity (Wildman–Crippen MR) is 64.6 cm³/mol. The quantitative estimate of drug-likeness (QED) is 0.896. The van der Waals surface area contributed by atoms with Crippen molar-refractivity contribution >= 4 is 5.97 Å². The number of pyridine rings is 1. The molecular formula is C13H17FN2O2. The standard InChI is InChI=1S/C13H17FN2O2/c1-9(11-6-5-10(14)8-15-11)16-7-3-2-4-12(16)13(17)18/h5-6,8-9,12H,2-4,7H2,1H3,(H,17,18). The number of piperidine rings is 1. The van der Waals surface area contributed by atoms with Gasteiger partial charge in [-0.25, -0.2) is 4.39 Å². The molecular weight excluding hydrogens is 235 g/mol. The molecule has 0 amide bonds. The molecule has 4 nitrogen and oxygen atoms in total. The van der Waals surface area contributed by atoms with Gasteiger partial charge in [0.15, 0.2) is 0 Å². The van der Waals surface area contributed by atoms with Gasteiger partial charge in [-0.15, -0.1) is 0 Å². The van der Waals surface area contributed by atoms with Crippen LogP contribution < -0.4 is 0 Å². The van der Waals surface area contributed by atoms with E-state index in [4.69, 9.17) is 0 Å². The first-order chi connectivity index (χ1) is 8.59. The van der Waals surface area contributed by atoms with Crippen molar-refractivity contribution in [2.75, 3.05) is 6.54 Å². The van der Waals surface area contributed by atoms with E-state index < -0.39 is 12.0 Å². The number of hydrogen-bond donors (Lipinski definition) is 1. The van der Waals surface area contributed by atoms with Crippen LogP contribution in [0.3, 0.4) is 0 Å². The number of aromatic nitrogens is 1. The lowest BCUT2D eigenvalue weighted by atomic mass is 9.99. The summed E-state index contributed by atoms with van der Waals surface area (Å²) in [5.74, 6) is -1.16. The molecule has 1 fully saturated rings. The van der Waals surface area contributed by atoms with E-state index >= 15 is 0 Å². The van der Waals surface area contributed by atoms with E-state index in [2.05, 4.69) is 4.98 Å². The molecule has 5 heteroatoms. The van der Waals surface area contributed by atoms with Gasteiger partial charge in [0, 0.05) is 0 Å². The Hall–Kier alpha value is -1.49. The molecule has 0 aliphatic carbocycles. The van der Waals surface area contributed by atoms with E-state index in [1.807, 2.05) is 11.8 Å². The topological polar surface area (TPSA) is 53.4 Å². The largest absolute Gasteiger partial charge is 0.480 e. The van der Waals surface area contributed by atoms with Gasteiger partial charge < -0.3 is 5.11 Å². The predicted octanol–water partition coefficient (Wildman–Crippen LogP) is 2.22. The zero-order chi connectivity index (χ0) is 13.1. The average molecular weight is 252 g/mol. The molecule has 1 aliphatic rings. The highest BCUT2D eigenvalue weighted by Gasteiger charge is 2.32. The fraction of sp³-hybridized carbons (Fsp3) is 0.538. The third-order valence-corrected chi connectivity index (χ3v) is 3.51. The molecule has 2 atom stereocenters. The lowest BCUT2D eigenvalue weighted by Crippen LogP contribution is -2.45. The SMILES string of the molecule is CC(c1ccc(F)cn1)N1CCCCC1C(=O)O. The number of hydrogen-bond acceptors (Lipinski definition) is 3. The molecule has 2 unspecified atom stereocenters. The summed E-state index contributed by atoms with van der Waals surface area (Å²) in [4.78, 5) is 17.2. The Morgan fingerprint density at radius 1 is 1.56 bits per heavy atom. The third-order valence-electron chi connectivity index (χ3n) is 3.51. The van der Waals surface area contributed by atoms with Crippen molar-refractivity contribution in [3.05, 3.63) is 29.8 Å². The number of carbonyl (C=O) groups is 1. The molecule has 18 heavy (non-hydrogen) atoms. The second-order valence-electron chi connectivity index (χ2n) is 4.66. The van der Waals surface area contributed by atoms with Crippen molar-refractivity contribution in [1.82, 2.24) is 9.88 Å². The van der Waals surface area contributed by atoms with Crippen LogP contribution in [0, 0.1) is 5.82 Å². The summed E-state index contributed by atoms with van der Waals surface area (Å²) in [6.07, 6.45) is 3.78. The zero-order valence-electron chi connectivity index (χ0n) is 10.3. The van der Waals surface area contributed by atoms with Crippen LogP contribution in [0.2, 0.25) is 0 Å². The lowest BCUT2D eigenvalue weighted by Gasteiger charge is -2.37. The van der Waals surface area contributed by atoms with Crippen LogP contribution in [-0.4, -0.2) is 33.5 Å². The van der Waals surface area contributed by atoms with Crippen molar-refractivity contribution < 1.29 is 14.3 Å². The Morgan fingerprint density at radius 2 is 2.33 bits per heavy atom. The summed E-state index contributed by atoms with van der Waals surface area (Å²) < 4.78 is 12.8. The van der Waals surface area contributed by atoms with Crippen LogP contribution in [0.15, 0.2) is 18.3 Å². The van der Waals surface area contributed by atoms with E-state index in [1.165, 1.54) is 12.3 Å². The summed E-state index contributed by atoms with van der Waals surface area (Å²) in [6, 6.07) is 2.42. The Labute approximate surface area is 105 Å². The van der Waals surface area contributed by atoms with Crippen LogP contribution in [0.5, 0.6) is 0 Å². The van der Waals surface area contributed by atoms with Gasteiger partial charge in [0.1, 0.15) is 11.9 Å². The molecule has 0 spiro atoms. The van der Waals surface area contributed by atoms with E-state index in [-0.39, 0.29) is 11.9 Å². The van der Waals surface area contributed by atoms with Crippen LogP contribution >= 0.6 is 0 Å². The van der Waals surface area contributed by atoms with Crippen molar-refractivity contribution in [2.24, 2.45) is 0 Å². The maximum Gasteiger partial charge on any atom is 0.320 e. The van der Waals surface area contributed by atoms with E-state index in [9.17, 15) is 14.3 Å². The molecule has 1 N–H and O–H groups in total. The first-order valence-corrected chi connectivity index (χ1v) is 6.19. The fourth-order valence-electron chi connectivity index (χ4n) is 2.49. The number of likely N-dealkylation sites (tertiary alicyclic amines) is 1. The highest BCUT2D eigenvalue weighted by Crippen LogP contribution is 2.27. The summed E-state index contributed by atoms with van der Waals surface area (Å²) in [7, 11) is 0. The molecule has 1 aliphatic heterocycles. The second-order valence-corrected chi connectivity index (χ2v) is 4.66. The van der Waals surface area contributed by atoms with Crippen molar-refractivity contribution in [2.45, 2.75) is 38.3 Å². The number of carboxylic acid groups (broad SMARTS) is 1. The van der Waals surface area contributed by atoms with Gasteiger partial charge in [-0.2, -0.15) is 0 Å². The Bertz CT molecular complexity index is 422. The van der Waals surface area contributed by atoms with Gasteiger partial charge >= 0.3 is 5.97 Å². The highest BCUT2D eigenvalue weighted by atomic mass is 19.1. The van der Waals surface area contributed by atoms with Crippen LogP contribution in [0.25, 0.3) is 0 Å². The number of rotatable bonds is 3. The monoisotopic (exact) mass is 252 g/mol. The lowest BCUT2D eigenvalue weighted by molar-refractivity contribution is -0.145. The molecule has 2 rings (SSSR count). The molecule has 0 aromatic carbocycles. The van der Waals surface area contributed by atoms with Crippen LogP contribution in [0.4, 0.5) is 4.39 Å². The van der Waals surface area contributed by atoms with Gasteiger partial charge in [-0.05, 0) is 38.4 Å². The van der Waals surface area contributed by atoms with E-state index in [1.54, 1.807) is 6.07 Å². The van der Waals surface area contributed by atoms with Crippen molar-refractivity contribution in [1.29, 1.82) is 0 Å². The summed E-state index contributed by atoms with van der Waals surface area (Å²) in [6.45, 7) is 2.67. The minimum atomic E-state index is -0.788. The molecule has 1 aromatic heterocycles. The van der Waals surface area contributed by atoms with Gasteiger partial charge in [0.2, 0.25) is 0 Å². The maximum absolute atomic E-state index is 12.8. The minimum Gasteiger partial charge on any atom is -0.480 e. The van der Waals surface area contributed by atoms with Gasteiger partial charge in [0.25, 0.3) is 0 Å². The summed E-state index contributed by atoms with van der Waals surface area (Å²) in [5.41, 5.74) is 0.713. The average Bonchev–Trinajstić information content (AvgIpc) is 2.39. The molecule has 1 saturated heterocycles. The van der Waals surface area contributed by atoms with Gasteiger partial charge in [0.05, 0.1) is 17.9 Å². The summed E-state index contributed by atoms with van der Waals surface area (Å²) >= 11 is 0. The molecule has 0 saturated carbocycles. The second kappa shape index (κ2) is 5.44. The fourth-order valence-corrected chi connectivity index (χ4v) is 2.49. The molecule has 0 radical (unpaired) electrons. The maximum atomic E-state index is 12.8. The minimum absolute atomic E-state index is 0.105. The molecule has 0 bridgehead atoms. The molecule has 98 valence electrons. The Balaban J connectivity index is 2.17. The number of halogens is 1.